The van der Waals surface area contributed by atoms with Gasteiger partial charge in [0, 0.05) is 38.5 Å². The number of carbonyl (C=O) groups excluding carboxylic acids is 3. The second kappa shape index (κ2) is 12.8. The third-order valence-electron chi connectivity index (χ3n) is 7.48. The molecule has 2 aromatic carbocycles. The number of amides is 2. The van der Waals surface area contributed by atoms with Crippen molar-refractivity contribution in [2.75, 3.05) is 30.3 Å². The van der Waals surface area contributed by atoms with Crippen LogP contribution >= 0.6 is 0 Å². The second-order valence-corrected chi connectivity index (χ2v) is 12.6. The molecule has 0 saturated carbocycles. The Bertz CT molecular complexity index is 1650. The number of aryl methyl sites for hydroxylation is 2. The molecule has 4 rings (SSSR count). The number of halogens is 3. The highest BCUT2D eigenvalue weighted by Crippen LogP contribution is 2.33. The Morgan fingerprint density at radius 2 is 1.77 bits per heavy atom. The van der Waals surface area contributed by atoms with Crippen LogP contribution in [0.5, 0.6) is 0 Å². The SMILES string of the molecule is CC(=O)OCC#CN(C(C)=O)c1ccc(CCS(=O)(=O)N2CCC3(CC2)N=C(c2ccc(C(F)(F)F)cc2)NC3=O)c(C)c1. The molecule has 0 unspecified atom stereocenters. The highest BCUT2D eigenvalue weighted by molar-refractivity contribution is 7.89. The summed E-state index contributed by atoms with van der Waals surface area (Å²) in [6.07, 6.45) is -4.00. The first-order chi connectivity index (χ1) is 20.6. The molecule has 2 aliphatic rings. The molecule has 44 heavy (non-hydrogen) atoms. The molecule has 0 atom stereocenters. The zero-order chi connectivity index (χ0) is 32.3. The van der Waals surface area contributed by atoms with E-state index in [0.717, 1.165) is 23.3 Å². The number of sulfonamides is 1. The summed E-state index contributed by atoms with van der Waals surface area (Å²) >= 11 is 0. The summed E-state index contributed by atoms with van der Waals surface area (Å²) in [4.78, 5) is 41.6. The lowest BCUT2D eigenvalue weighted by Crippen LogP contribution is -2.50. The molecular weight excluding hydrogens is 601 g/mol. The van der Waals surface area contributed by atoms with E-state index < -0.39 is 39.2 Å². The predicted octanol–water partition coefficient (Wildman–Crippen LogP) is 3.17. The number of hydrogen-bond acceptors (Lipinski definition) is 7. The van der Waals surface area contributed by atoms with Gasteiger partial charge in [-0.3, -0.25) is 19.4 Å². The summed E-state index contributed by atoms with van der Waals surface area (Å²) in [7, 11) is -3.69. The second-order valence-electron chi connectivity index (χ2n) is 10.5. The van der Waals surface area contributed by atoms with Gasteiger partial charge in [-0.25, -0.2) is 17.6 Å². The monoisotopic (exact) mass is 632 g/mol. The van der Waals surface area contributed by atoms with E-state index in [4.69, 9.17) is 4.74 Å². The van der Waals surface area contributed by atoms with E-state index >= 15 is 0 Å². The van der Waals surface area contributed by atoms with Crippen LogP contribution in [0, 0.1) is 18.9 Å². The number of nitrogens with zero attached hydrogens (tertiary/aromatic N) is 3. The van der Waals surface area contributed by atoms with Gasteiger partial charge in [0.25, 0.3) is 5.91 Å². The van der Waals surface area contributed by atoms with Crippen LogP contribution in [-0.2, 0) is 41.7 Å². The van der Waals surface area contributed by atoms with Crippen molar-refractivity contribution in [1.82, 2.24) is 9.62 Å². The maximum absolute atomic E-state index is 13.2. The maximum atomic E-state index is 13.2. The molecule has 10 nitrogen and oxygen atoms in total. The smallest absolute Gasteiger partial charge is 0.416 e. The summed E-state index contributed by atoms with van der Waals surface area (Å²) in [5.41, 5.74) is 0.356. The van der Waals surface area contributed by atoms with Crippen LogP contribution in [0.2, 0.25) is 0 Å². The third-order valence-corrected chi connectivity index (χ3v) is 9.35. The lowest BCUT2D eigenvalue weighted by Gasteiger charge is -2.34. The molecule has 2 heterocycles. The molecule has 1 spiro atoms. The van der Waals surface area contributed by atoms with Gasteiger partial charge >= 0.3 is 12.1 Å². The van der Waals surface area contributed by atoms with Crippen LogP contribution in [0.3, 0.4) is 0 Å². The highest BCUT2D eigenvalue weighted by Gasteiger charge is 2.47. The lowest BCUT2D eigenvalue weighted by molar-refractivity contribution is -0.139. The molecule has 2 aromatic rings. The normalized spacial score (nSPS) is 16.5. The van der Waals surface area contributed by atoms with Gasteiger partial charge in [0.05, 0.1) is 17.0 Å². The number of ether oxygens (including phenoxy) is 1. The number of rotatable bonds is 7. The van der Waals surface area contributed by atoms with Gasteiger partial charge in [-0.15, -0.1) is 0 Å². The van der Waals surface area contributed by atoms with Crippen LogP contribution in [0.1, 0.15) is 48.9 Å². The van der Waals surface area contributed by atoms with E-state index in [2.05, 4.69) is 22.3 Å². The van der Waals surface area contributed by atoms with Gasteiger partial charge in [0.2, 0.25) is 15.9 Å². The molecule has 0 aromatic heterocycles. The number of hydrogen-bond donors (Lipinski definition) is 1. The molecule has 14 heteroatoms. The van der Waals surface area contributed by atoms with E-state index in [1.54, 1.807) is 25.1 Å². The fraction of sp³-hybridized carbons (Fsp3) is 0.400. The number of aliphatic imine (C=N–C) groups is 1. The van der Waals surface area contributed by atoms with Crippen molar-refractivity contribution < 1.29 is 40.7 Å². The highest BCUT2D eigenvalue weighted by atomic mass is 32.2. The van der Waals surface area contributed by atoms with E-state index in [1.807, 2.05) is 0 Å². The van der Waals surface area contributed by atoms with Crippen molar-refractivity contribution in [3.63, 3.8) is 0 Å². The van der Waals surface area contributed by atoms with Crippen LogP contribution in [-0.4, -0.2) is 67.3 Å². The quantitative estimate of drug-likeness (QED) is 0.284. The van der Waals surface area contributed by atoms with Gasteiger partial charge in [-0.05, 0) is 67.5 Å². The average molecular weight is 633 g/mol. The van der Waals surface area contributed by atoms with Crippen molar-refractivity contribution in [3.05, 3.63) is 64.7 Å². The van der Waals surface area contributed by atoms with Crippen LogP contribution < -0.4 is 10.2 Å². The van der Waals surface area contributed by atoms with Crippen molar-refractivity contribution >= 4 is 39.3 Å². The average Bonchev–Trinajstić information content (AvgIpc) is 3.26. The minimum Gasteiger partial charge on any atom is -0.453 e. The van der Waals surface area contributed by atoms with Crippen molar-refractivity contribution in [1.29, 1.82) is 0 Å². The Labute approximate surface area is 253 Å². The first kappa shape index (κ1) is 32.7. The first-order valence-corrected chi connectivity index (χ1v) is 15.3. The van der Waals surface area contributed by atoms with Gasteiger partial charge in [0.1, 0.15) is 11.4 Å². The third kappa shape index (κ3) is 7.46. The maximum Gasteiger partial charge on any atom is 0.416 e. The number of piperidine rings is 1. The number of benzene rings is 2. The Morgan fingerprint density at radius 1 is 1.11 bits per heavy atom. The van der Waals surface area contributed by atoms with Crippen molar-refractivity contribution in [2.45, 2.75) is 51.7 Å². The Hall–Kier alpha value is -4.22. The van der Waals surface area contributed by atoms with Crippen LogP contribution in [0.15, 0.2) is 47.5 Å². The predicted molar refractivity (Wildman–Crippen MR) is 156 cm³/mol. The summed E-state index contributed by atoms with van der Waals surface area (Å²) in [5, 5.41) is 2.64. The summed E-state index contributed by atoms with van der Waals surface area (Å²) in [6, 6.07) is 12.1. The Kier molecular flexibility index (Phi) is 9.50. The molecule has 1 fully saturated rings. The standard InChI is InChI=1S/C30H31F3N4O6S/c1-20-19-26(37(21(2)38)14-4-17-43-22(3)39)10-7-23(20)11-18-44(41,42)36-15-12-29(13-16-36)28(40)34-27(35-29)24-5-8-25(9-6-24)30(31,32)33/h5-10,19H,11-13,15-18H2,1-3H3,(H,34,35,40). The molecule has 1 saturated heterocycles. The molecule has 1 N–H and O–H groups in total. The number of nitrogens with one attached hydrogen (secondary N) is 1. The van der Waals surface area contributed by atoms with E-state index in [9.17, 15) is 36.0 Å². The number of anilines is 1. The summed E-state index contributed by atoms with van der Waals surface area (Å²) in [6.45, 7) is 4.36. The fourth-order valence-corrected chi connectivity index (χ4v) is 6.46. The topological polar surface area (TPSA) is 125 Å². The van der Waals surface area contributed by atoms with Crippen molar-refractivity contribution in [2.24, 2.45) is 4.99 Å². The zero-order valence-electron chi connectivity index (χ0n) is 24.3. The largest absolute Gasteiger partial charge is 0.453 e. The van der Waals surface area contributed by atoms with E-state index in [1.165, 1.54) is 35.2 Å². The molecular formula is C30H31F3N4O6S. The number of alkyl halides is 3. The Balaban J connectivity index is 1.38. The molecule has 0 radical (unpaired) electrons. The summed E-state index contributed by atoms with van der Waals surface area (Å²) < 4.78 is 71.2. The van der Waals surface area contributed by atoms with E-state index in [-0.39, 0.29) is 56.5 Å². The fourth-order valence-electron chi connectivity index (χ4n) is 4.99. The lowest BCUT2D eigenvalue weighted by atomic mass is 9.89. The van der Waals surface area contributed by atoms with E-state index in [0.29, 0.717) is 11.3 Å². The number of amidine groups is 1. The van der Waals surface area contributed by atoms with Gasteiger partial charge in [-0.1, -0.05) is 18.2 Å². The van der Waals surface area contributed by atoms with Gasteiger partial charge in [-0.2, -0.15) is 13.2 Å². The molecule has 0 aliphatic carbocycles. The van der Waals surface area contributed by atoms with Gasteiger partial charge < -0.3 is 10.1 Å². The molecule has 2 amide bonds. The van der Waals surface area contributed by atoms with Crippen molar-refractivity contribution in [3.8, 4) is 12.0 Å². The van der Waals surface area contributed by atoms with Crippen LogP contribution in [0.25, 0.3) is 0 Å². The zero-order valence-corrected chi connectivity index (χ0v) is 25.1. The molecule has 0 bridgehead atoms. The molecule has 2 aliphatic heterocycles. The van der Waals surface area contributed by atoms with Crippen LogP contribution in [0.4, 0.5) is 18.9 Å². The van der Waals surface area contributed by atoms with Gasteiger partial charge in [0.15, 0.2) is 6.61 Å². The number of esters is 1. The minimum absolute atomic E-state index is 0.0665. The number of carbonyl (C=O) groups is 3. The molecule has 234 valence electrons. The minimum atomic E-state index is -4.49. The first-order valence-electron chi connectivity index (χ1n) is 13.7. The summed E-state index contributed by atoms with van der Waals surface area (Å²) in [5.74, 6) is 1.36. The Morgan fingerprint density at radius 3 is 2.34 bits per heavy atom.